The molecule has 0 amide bonds. The van der Waals surface area contributed by atoms with E-state index in [1.165, 1.54) is 22.5 Å². The second-order valence-corrected chi connectivity index (χ2v) is 7.52. The smallest absolute Gasteiger partial charge is 0.218 e. The van der Waals surface area contributed by atoms with Crippen LogP contribution in [0.1, 0.15) is 17.2 Å². The fourth-order valence-corrected chi connectivity index (χ4v) is 4.11. The van der Waals surface area contributed by atoms with Crippen molar-refractivity contribution in [3.63, 3.8) is 0 Å². The minimum Gasteiger partial charge on any atom is -0.371 e. The molecule has 1 atom stereocenters. The van der Waals surface area contributed by atoms with Crippen LogP contribution in [0.2, 0.25) is 0 Å². The van der Waals surface area contributed by atoms with Gasteiger partial charge in [-0.25, -0.2) is 12.8 Å². The molecule has 23 heavy (non-hydrogen) atoms. The van der Waals surface area contributed by atoms with Crippen LogP contribution in [0.4, 0.5) is 4.39 Å². The summed E-state index contributed by atoms with van der Waals surface area (Å²) in [6, 6.07) is 5.66. The Morgan fingerprint density at radius 2 is 2.26 bits per heavy atom. The molecule has 0 radical (unpaired) electrons. The molecule has 1 saturated heterocycles. The van der Waals surface area contributed by atoms with Crippen molar-refractivity contribution >= 4 is 10.0 Å². The number of ether oxygens (including phenoxy) is 1. The lowest BCUT2D eigenvalue weighted by Gasteiger charge is -2.31. The zero-order chi connectivity index (χ0) is 16.4. The molecule has 1 fully saturated rings. The lowest BCUT2D eigenvalue weighted by Crippen LogP contribution is -2.42. The SMILES string of the molecule is Cn1cc(C2CN(S(=O)(=O)Cc3cccc(F)c3)CCO2)cn1. The number of morpholine rings is 1. The molecule has 0 saturated carbocycles. The van der Waals surface area contributed by atoms with Crippen LogP contribution in [0.15, 0.2) is 36.7 Å². The van der Waals surface area contributed by atoms with Crippen LogP contribution in [0, 0.1) is 5.82 Å². The van der Waals surface area contributed by atoms with Gasteiger partial charge in [-0.15, -0.1) is 0 Å². The first-order valence-corrected chi connectivity index (χ1v) is 8.87. The maximum atomic E-state index is 13.2. The van der Waals surface area contributed by atoms with E-state index >= 15 is 0 Å². The Labute approximate surface area is 134 Å². The highest BCUT2D eigenvalue weighted by atomic mass is 32.2. The molecular weight excluding hydrogens is 321 g/mol. The molecule has 2 heterocycles. The minimum atomic E-state index is -3.53. The summed E-state index contributed by atoms with van der Waals surface area (Å²) in [5, 5.41) is 4.08. The van der Waals surface area contributed by atoms with Crippen LogP contribution in [-0.2, 0) is 27.6 Å². The van der Waals surface area contributed by atoms with Crippen molar-refractivity contribution in [2.45, 2.75) is 11.9 Å². The molecule has 124 valence electrons. The first kappa shape index (κ1) is 16.1. The summed E-state index contributed by atoms with van der Waals surface area (Å²) in [5.41, 5.74) is 1.28. The van der Waals surface area contributed by atoms with Crippen LogP contribution >= 0.6 is 0 Å². The van der Waals surface area contributed by atoms with Gasteiger partial charge in [-0.2, -0.15) is 9.40 Å². The van der Waals surface area contributed by atoms with E-state index in [0.29, 0.717) is 18.7 Å². The summed E-state index contributed by atoms with van der Waals surface area (Å²) < 4.78 is 47.1. The van der Waals surface area contributed by atoms with E-state index in [1.54, 1.807) is 24.0 Å². The van der Waals surface area contributed by atoms with Crippen molar-refractivity contribution in [1.29, 1.82) is 0 Å². The molecule has 1 aliphatic rings. The average Bonchev–Trinajstić information content (AvgIpc) is 2.94. The summed E-state index contributed by atoms with van der Waals surface area (Å²) >= 11 is 0. The van der Waals surface area contributed by atoms with Crippen molar-refractivity contribution < 1.29 is 17.5 Å². The molecule has 0 spiro atoms. The topological polar surface area (TPSA) is 64.4 Å². The average molecular weight is 339 g/mol. The lowest BCUT2D eigenvalue weighted by atomic mass is 10.2. The Bertz CT molecular complexity index is 791. The maximum absolute atomic E-state index is 13.2. The van der Waals surface area contributed by atoms with Crippen LogP contribution in [0.3, 0.4) is 0 Å². The van der Waals surface area contributed by atoms with E-state index < -0.39 is 15.8 Å². The third-order valence-corrected chi connectivity index (χ3v) is 5.57. The molecule has 3 rings (SSSR count). The highest BCUT2D eigenvalue weighted by Crippen LogP contribution is 2.24. The van der Waals surface area contributed by atoms with Gasteiger partial charge in [-0.1, -0.05) is 12.1 Å². The molecule has 0 N–H and O–H groups in total. The highest BCUT2D eigenvalue weighted by molar-refractivity contribution is 7.88. The number of rotatable bonds is 4. The molecule has 8 heteroatoms. The second-order valence-electron chi connectivity index (χ2n) is 5.55. The molecule has 6 nitrogen and oxygen atoms in total. The van der Waals surface area contributed by atoms with Crippen molar-refractivity contribution in [3.05, 3.63) is 53.6 Å². The van der Waals surface area contributed by atoms with Crippen molar-refractivity contribution in [3.8, 4) is 0 Å². The normalized spacial score (nSPS) is 19.8. The zero-order valence-electron chi connectivity index (χ0n) is 12.7. The Hall–Kier alpha value is -1.77. The molecule has 1 aromatic heterocycles. The fourth-order valence-electron chi connectivity index (χ4n) is 2.62. The van der Waals surface area contributed by atoms with Gasteiger partial charge in [0.1, 0.15) is 5.82 Å². The standard InChI is InChI=1S/C15H18FN3O3S/c1-18-9-13(8-17-18)15-10-19(5-6-22-15)23(20,21)11-12-3-2-4-14(16)7-12/h2-4,7-9,15H,5-6,10-11H2,1H3. The first-order chi connectivity index (χ1) is 10.9. The number of halogens is 1. The van der Waals surface area contributed by atoms with Gasteiger partial charge in [0.25, 0.3) is 0 Å². The molecule has 2 aromatic rings. The summed E-state index contributed by atoms with van der Waals surface area (Å²) in [6.07, 6.45) is 3.15. The van der Waals surface area contributed by atoms with Gasteiger partial charge in [-0.3, -0.25) is 4.68 Å². The Balaban J connectivity index is 1.74. The van der Waals surface area contributed by atoms with E-state index in [-0.39, 0.29) is 18.4 Å². The Morgan fingerprint density at radius 3 is 2.96 bits per heavy atom. The molecule has 0 bridgehead atoms. The molecule has 1 unspecified atom stereocenters. The predicted octanol–water partition coefficient (Wildman–Crippen LogP) is 1.46. The van der Waals surface area contributed by atoms with Gasteiger partial charge >= 0.3 is 0 Å². The number of benzene rings is 1. The number of hydrogen-bond donors (Lipinski definition) is 0. The van der Waals surface area contributed by atoms with Crippen LogP contribution in [0.5, 0.6) is 0 Å². The maximum Gasteiger partial charge on any atom is 0.218 e. The third-order valence-electron chi connectivity index (χ3n) is 3.76. The number of sulfonamides is 1. The summed E-state index contributed by atoms with van der Waals surface area (Å²) in [6.45, 7) is 0.861. The van der Waals surface area contributed by atoms with E-state index in [0.717, 1.165) is 5.56 Å². The third kappa shape index (κ3) is 3.77. The number of aromatic nitrogens is 2. The Kier molecular flexibility index (Phi) is 4.47. The highest BCUT2D eigenvalue weighted by Gasteiger charge is 2.31. The predicted molar refractivity (Wildman–Crippen MR) is 82.5 cm³/mol. The van der Waals surface area contributed by atoms with E-state index in [1.807, 2.05) is 6.20 Å². The van der Waals surface area contributed by atoms with Gasteiger partial charge in [0.2, 0.25) is 10.0 Å². The van der Waals surface area contributed by atoms with Crippen molar-refractivity contribution in [2.24, 2.45) is 7.05 Å². The molecule has 1 aliphatic heterocycles. The quantitative estimate of drug-likeness (QED) is 0.846. The Morgan fingerprint density at radius 1 is 1.43 bits per heavy atom. The van der Waals surface area contributed by atoms with Crippen molar-refractivity contribution in [1.82, 2.24) is 14.1 Å². The van der Waals surface area contributed by atoms with Crippen LogP contribution in [0.25, 0.3) is 0 Å². The van der Waals surface area contributed by atoms with E-state index in [9.17, 15) is 12.8 Å². The first-order valence-electron chi connectivity index (χ1n) is 7.26. The largest absolute Gasteiger partial charge is 0.371 e. The monoisotopic (exact) mass is 339 g/mol. The fraction of sp³-hybridized carbons (Fsp3) is 0.400. The van der Waals surface area contributed by atoms with Gasteiger partial charge in [0.15, 0.2) is 0 Å². The number of nitrogens with zero attached hydrogens (tertiary/aromatic N) is 3. The molecule has 1 aromatic carbocycles. The van der Waals surface area contributed by atoms with Gasteiger partial charge in [0, 0.05) is 31.9 Å². The van der Waals surface area contributed by atoms with Gasteiger partial charge < -0.3 is 4.74 Å². The second kappa shape index (κ2) is 6.38. The van der Waals surface area contributed by atoms with Crippen LogP contribution < -0.4 is 0 Å². The molecular formula is C15H18FN3O3S. The zero-order valence-corrected chi connectivity index (χ0v) is 13.5. The molecule has 0 aliphatic carbocycles. The summed E-state index contributed by atoms with van der Waals surface area (Å²) in [4.78, 5) is 0. The van der Waals surface area contributed by atoms with Crippen LogP contribution in [-0.4, -0.2) is 42.2 Å². The number of aryl methyl sites for hydroxylation is 1. The van der Waals surface area contributed by atoms with Gasteiger partial charge in [0.05, 0.1) is 24.7 Å². The summed E-state index contributed by atoms with van der Waals surface area (Å²) in [5.74, 6) is -0.655. The van der Waals surface area contributed by atoms with E-state index in [4.69, 9.17) is 4.74 Å². The van der Waals surface area contributed by atoms with E-state index in [2.05, 4.69) is 5.10 Å². The minimum absolute atomic E-state index is 0.218. The number of hydrogen-bond acceptors (Lipinski definition) is 4. The van der Waals surface area contributed by atoms with Gasteiger partial charge in [-0.05, 0) is 17.7 Å². The van der Waals surface area contributed by atoms with Crippen molar-refractivity contribution in [2.75, 3.05) is 19.7 Å². The lowest BCUT2D eigenvalue weighted by molar-refractivity contribution is -0.00264. The summed E-state index contributed by atoms with van der Waals surface area (Å²) in [7, 11) is -1.73.